The van der Waals surface area contributed by atoms with Gasteiger partial charge in [0.2, 0.25) is 5.91 Å². The highest BCUT2D eigenvalue weighted by Crippen LogP contribution is 2.28. The number of anilines is 1. The number of carbonyl (C=O) groups excluding carboxylic acids is 1. The third kappa shape index (κ3) is 3.54. The van der Waals surface area contributed by atoms with Crippen molar-refractivity contribution in [3.05, 3.63) is 23.2 Å². The number of piperidine rings is 1. The molecule has 5 nitrogen and oxygen atoms in total. The van der Waals surface area contributed by atoms with Crippen LogP contribution in [-0.4, -0.2) is 50.6 Å². The highest BCUT2D eigenvalue weighted by atomic mass is 35.5. The number of fused-ring (bicyclic) bond motifs is 1. The summed E-state index contributed by atoms with van der Waals surface area (Å²) >= 11 is 6.07. The summed E-state index contributed by atoms with van der Waals surface area (Å²) in [6, 6.07) is 5.27. The van der Waals surface area contributed by atoms with Crippen LogP contribution in [0.25, 0.3) is 0 Å². The second kappa shape index (κ2) is 6.86. The maximum Gasteiger partial charge on any atom is 0.238 e. The van der Waals surface area contributed by atoms with Crippen LogP contribution in [0.4, 0.5) is 5.69 Å². The van der Waals surface area contributed by atoms with Crippen molar-refractivity contribution in [2.45, 2.75) is 6.42 Å². The van der Waals surface area contributed by atoms with E-state index in [1.807, 2.05) is 0 Å². The SMILES string of the molecule is COc1ccc(NC(=O)CN2CCC3CNCC3C2)cc1Cl. The van der Waals surface area contributed by atoms with Gasteiger partial charge in [0.25, 0.3) is 0 Å². The van der Waals surface area contributed by atoms with Crippen LogP contribution in [0.2, 0.25) is 5.02 Å². The molecule has 0 bridgehead atoms. The highest BCUT2D eigenvalue weighted by Gasteiger charge is 2.33. The van der Waals surface area contributed by atoms with Gasteiger partial charge in [-0.1, -0.05) is 11.6 Å². The Bertz CT molecular complexity index is 552. The molecule has 3 rings (SSSR count). The van der Waals surface area contributed by atoms with Crippen LogP contribution in [0, 0.1) is 11.8 Å². The van der Waals surface area contributed by atoms with E-state index in [-0.39, 0.29) is 5.91 Å². The third-order valence-corrected chi connectivity index (χ3v) is 4.89. The first-order valence-electron chi connectivity index (χ1n) is 7.72. The minimum absolute atomic E-state index is 0.00522. The summed E-state index contributed by atoms with van der Waals surface area (Å²) in [6.07, 6.45) is 1.18. The summed E-state index contributed by atoms with van der Waals surface area (Å²) in [4.78, 5) is 14.4. The first-order valence-corrected chi connectivity index (χ1v) is 8.10. The molecular formula is C16H22ClN3O2. The predicted octanol–water partition coefficient (Wildman–Crippen LogP) is 1.83. The Labute approximate surface area is 136 Å². The molecule has 0 saturated carbocycles. The molecule has 6 heteroatoms. The van der Waals surface area contributed by atoms with Gasteiger partial charge in [-0.2, -0.15) is 0 Å². The summed E-state index contributed by atoms with van der Waals surface area (Å²) in [6.45, 7) is 4.66. The number of carbonyl (C=O) groups is 1. The summed E-state index contributed by atoms with van der Waals surface area (Å²) in [5.74, 6) is 2.10. The Balaban J connectivity index is 1.53. The number of halogens is 1. The van der Waals surface area contributed by atoms with Crippen molar-refractivity contribution in [1.29, 1.82) is 0 Å². The van der Waals surface area contributed by atoms with Crippen molar-refractivity contribution in [3.8, 4) is 5.75 Å². The summed E-state index contributed by atoms with van der Waals surface area (Å²) in [5, 5.41) is 6.84. The van der Waals surface area contributed by atoms with E-state index in [2.05, 4.69) is 15.5 Å². The molecule has 120 valence electrons. The van der Waals surface area contributed by atoms with Crippen molar-refractivity contribution in [3.63, 3.8) is 0 Å². The number of likely N-dealkylation sites (tertiary alicyclic amines) is 1. The van der Waals surface area contributed by atoms with Crippen LogP contribution in [0.5, 0.6) is 5.75 Å². The molecule has 2 aliphatic rings. The van der Waals surface area contributed by atoms with Gasteiger partial charge in [0.15, 0.2) is 0 Å². The van der Waals surface area contributed by atoms with Crippen molar-refractivity contribution in [2.75, 3.05) is 45.2 Å². The Morgan fingerprint density at radius 2 is 2.27 bits per heavy atom. The van der Waals surface area contributed by atoms with E-state index in [0.29, 0.717) is 28.9 Å². The van der Waals surface area contributed by atoms with Gasteiger partial charge in [-0.25, -0.2) is 0 Å². The van der Waals surface area contributed by atoms with Crippen molar-refractivity contribution >= 4 is 23.2 Å². The topological polar surface area (TPSA) is 53.6 Å². The lowest BCUT2D eigenvalue weighted by Crippen LogP contribution is -2.43. The zero-order chi connectivity index (χ0) is 15.5. The quantitative estimate of drug-likeness (QED) is 0.887. The maximum absolute atomic E-state index is 12.2. The Morgan fingerprint density at radius 1 is 1.45 bits per heavy atom. The standard InChI is InChI=1S/C16H22ClN3O2/c1-22-15-3-2-13(6-14(15)17)19-16(21)10-20-5-4-11-7-18-8-12(11)9-20/h2-3,6,11-12,18H,4-5,7-10H2,1H3,(H,19,21). The smallest absolute Gasteiger partial charge is 0.238 e. The number of methoxy groups -OCH3 is 1. The molecule has 2 saturated heterocycles. The predicted molar refractivity (Wildman–Crippen MR) is 87.5 cm³/mol. The number of nitrogens with one attached hydrogen (secondary N) is 2. The Morgan fingerprint density at radius 3 is 3.05 bits per heavy atom. The van der Waals surface area contributed by atoms with E-state index >= 15 is 0 Å². The molecule has 0 spiro atoms. The molecule has 1 amide bonds. The normalized spacial score (nSPS) is 24.8. The number of rotatable bonds is 4. The van der Waals surface area contributed by atoms with Crippen molar-refractivity contribution in [1.82, 2.24) is 10.2 Å². The number of benzene rings is 1. The zero-order valence-corrected chi connectivity index (χ0v) is 13.5. The van der Waals surface area contributed by atoms with Crippen LogP contribution in [0.15, 0.2) is 18.2 Å². The van der Waals surface area contributed by atoms with Gasteiger partial charge >= 0.3 is 0 Å². The van der Waals surface area contributed by atoms with Crippen molar-refractivity contribution < 1.29 is 9.53 Å². The van der Waals surface area contributed by atoms with Gasteiger partial charge in [0, 0.05) is 12.2 Å². The number of hydrogen-bond acceptors (Lipinski definition) is 4. The van der Waals surface area contributed by atoms with Gasteiger partial charge in [-0.15, -0.1) is 0 Å². The van der Waals surface area contributed by atoms with Crippen LogP contribution >= 0.6 is 11.6 Å². The molecule has 2 aliphatic heterocycles. The molecule has 0 radical (unpaired) electrons. The number of ether oxygens (including phenoxy) is 1. The average Bonchev–Trinajstić information content (AvgIpc) is 2.95. The average molecular weight is 324 g/mol. The summed E-state index contributed by atoms with van der Waals surface area (Å²) in [7, 11) is 1.57. The molecule has 0 aromatic heterocycles. The first-order chi connectivity index (χ1) is 10.7. The van der Waals surface area contributed by atoms with Gasteiger partial charge in [0.05, 0.1) is 18.7 Å². The summed E-state index contributed by atoms with van der Waals surface area (Å²) in [5.41, 5.74) is 0.702. The molecule has 1 aromatic rings. The van der Waals surface area contributed by atoms with E-state index in [1.54, 1.807) is 25.3 Å². The monoisotopic (exact) mass is 323 g/mol. The van der Waals surface area contributed by atoms with Gasteiger partial charge in [-0.3, -0.25) is 9.69 Å². The van der Waals surface area contributed by atoms with E-state index in [4.69, 9.17) is 16.3 Å². The lowest BCUT2D eigenvalue weighted by molar-refractivity contribution is -0.117. The molecule has 1 aromatic carbocycles. The Kier molecular flexibility index (Phi) is 4.86. The molecule has 2 unspecified atom stereocenters. The minimum Gasteiger partial charge on any atom is -0.495 e. The Hall–Kier alpha value is -1.30. The maximum atomic E-state index is 12.2. The molecule has 0 aliphatic carbocycles. The van der Waals surface area contributed by atoms with Gasteiger partial charge < -0.3 is 15.4 Å². The largest absolute Gasteiger partial charge is 0.495 e. The molecule has 22 heavy (non-hydrogen) atoms. The first kappa shape index (κ1) is 15.6. The minimum atomic E-state index is 0.00522. The molecule has 2 fully saturated rings. The fraction of sp³-hybridized carbons (Fsp3) is 0.562. The van der Waals surface area contributed by atoms with Crippen LogP contribution < -0.4 is 15.4 Å². The summed E-state index contributed by atoms with van der Waals surface area (Å²) < 4.78 is 5.11. The van der Waals surface area contributed by atoms with E-state index < -0.39 is 0 Å². The molecule has 2 atom stereocenters. The second-order valence-electron chi connectivity index (χ2n) is 6.10. The van der Waals surface area contributed by atoms with Crippen LogP contribution in [0.3, 0.4) is 0 Å². The van der Waals surface area contributed by atoms with Crippen molar-refractivity contribution in [2.24, 2.45) is 11.8 Å². The fourth-order valence-corrected chi connectivity index (χ4v) is 3.66. The number of hydrogen-bond donors (Lipinski definition) is 2. The lowest BCUT2D eigenvalue weighted by atomic mass is 9.89. The molecule has 2 N–H and O–H groups in total. The number of nitrogens with zero attached hydrogens (tertiary/aromatic N) is 1. The number of amides is 1. The fourth-order valence-electron chi connectivity index (χ4n) is 3.40. The van der Waals surface area contributed by atoms with E-state index in [1.165, 1.54) is 6.42 Å². The second-order valence-corrected chi connectivity index (χ2v) is 6.51. The third-order valence-electron chi connectivity index (χ3n) is 4.59. The van der Waals surface area contributed by atoms with E-state index in [9.17, 15) is 4.79 Å². The highest BCUT2D eigenvalue weighted by molar-refractivity contribution is 6.32. The van der Waals surface area contributed by atoms with Crippen LogP contribution in [-0.2, 0) is 4.79 Å². The zero-order valence-electron chi connectivity index (χ0n) is 12.8. The van der Waals surface area contributed by atoms with Gasteiger partial charge in [-0.05, 0) is 56.1 Å². The van der Waals surface area contributed by atoms with E-state index in [0.717, 1.165) is 32.1 Å². The molecule has 2 heterocycles. The molecular weight excluding hydrogens is 302 g/mol. The van der Waals surface area contributed by atoms with Crippen LogP contribution in [0.1, 0.15) is 6.42 Å². The lowest BCUT2D eigenvalue weighted by Gasteiger charge is -2.33. The van der Waals surface area contributed by atoms with Gasteiger partial charge in [0.1, 0.15) is 5.75 Å².